The van der Waals surface area contributed by atoms with Gasteiger partial charge in [-0.3, -0.25) is 9.69 Å². The van der Waals surface area contributed by atoms with Gasteiger partial charge in [-0.15, -0.1) is 0 Å². The van der Waals surface area contributed by atoms with Crippen LogP contribution in [0.1, 0.15) is 17.3 Å². The van der Waals surface area contributed by atoms with E-state index >= 15 is 0 Å². The van der Waals surface area contributed by atoms with Crippen LogP contribution in [0.5, 0.6) is 0 Å². The zero-order chi connectivity index (χ0) is 14.7. The van der Waals surface area contributed by atoms with Gasteiger partial charge in [-0.2, -0.15) is 0 Å². The van der Waals surface area contributed by atoms with Gasteiger partial charge in [0.25, 0.3) is 5.91 Å². The number of hydrogen-bond donors (Lipinski definition) is 1. The van der Waals surface area contributed by atoms with E-state index in [1.54, 1.807) is 30.0 Å². The van der Waals surface area contributed by atoms with Crippen LogP contribution in [0.3, 0.4) is 0 Å². The third-order valence-corrected chi connectivity index (χ3v) is 4.18. The van der Waals surface area contributed by atoms with Crippen molar-refractivity contribution in [1.29, 1.82) is 0 Å². The molecule has 1 N–H and O–H groups in total. The van der Waals surface area contributed by atoms with E-state index in [-0.39, 0.29) is 12.0 Å². The van der Waals surface area contributed by atoms with E-state index in [1.165, 1.54) is 0 Å². The molecule has 1 heterocycles. The molecule has 1 aliphatic rings. The summed E-state index contributed by atoms with van der Waals surface area (Å²) in [6.07, 6.45) is -0.348. The third-order valence-electron chi connectivity index (χ3n) is 3.36. The van der Waals surface area contributed by atoms with Gasteiger partial charge in [0.2, 0.25) is 0 Å². The van der Waals surface area contributed by atoms with Crippen LogP contribution < -0.4 is 0 Å². The monoisotopic (exact) mass is 316 g/mol. The van der Waals surface area contributed by atoms with Crippen molar-refractivity contribution in [1.82, 2.24) is 9.80 Å². The predicted molar refractivity (Wildman–Crippen MR) is 80.5 cm³/mol. The van der Waals surface area contributed by atoms with E-state index < -0.39 is 0 Å². The number of benzene rings is 1. The average Bonchev–Trinajstić information content (AvgIpc) is 2.41. The molecule has 0 bridgehead atoms. The lowest BCUT2D eigenvalue weighted by molar-refractivity contribution is 0.0554. The normalized spacial score (nSPS) is 18.1. The molecular weight excluding hydrogens is 299 g/mol. The van der Waals surface area contributed by atoms with E-state index in [0.29, 0.717) is 35.2 Å². The summed E-state index contributed by atoms with van der Waals surface area (Å²) in [5.74, 6) is -0.0887. The summed E-state index contributed by atoms with van der Waals surface area (Å²) in [4.78, 5) is 16.3. The number of carbonyl (C=O) groups excluding carboxylic acids is 1. The highest BCUT2D eigenvalue weighted by molar-refractivity contribution is 6.43. The molecule has 1 aliphatic heterocycles. The van der Waals surface area contributed by atoms with E-state index in [4.69, 9.17) is 23.2 Å². The van der Waals surface area contributed by atoms with Crippen molar-refractivity contribution < 1.29 is 9.90 Å². The minimum absolute atomic E-state index is 0.0887. The number of rotatable bonds is 3. The van der Waals surface area contributed by atoms with Crippen molar-refractivity contribution in [3.8, 4) is 0 Å². The Morgan fingerprint density at radius 3 is 2.55 bits per heavy atom. The Kier molecular flexibility index (Phi) is 5.27. The van der Waals surface area contributed by atoms with E-state index in [0.717, 1.165) is 13.1 Å². The number of nitrogens with zero attached hydrogens (tertiary/aromatic N) is 2. The summed E-state index contributed by atoms with van der Waals surface area (Å²) < 4.78 is 0. The van der Waals surface area contributed by atoms with Crippen molar-refractivity contribution in [3.05, 3.63) is 33.8 Å². The lowest BCUT2D eigenvalue weighted by Gasteiger charge is -2.35. The quantitative estimate of drug-likeness (QED) is 0.929. The smallest absolute Gasteiger partial charge is 0.255 e. The first-order valence-electron chi connectivity index (χ1n) is 6.62. The largest absolute Gasteiger partial charge is 0.392 e. The molecule has 0 aromatic heterocycles. The van der Waals surface area contributed by atoms with Crippen LogP contribution in [0, 0.1) is 0 Å². The highest BCUT2D eigenvalue weighted by Gasteiger charge is 2.24. The van der Waals surface area contributed by atoms with Crippen LogP contribution in [0.2, 0.25) is 10.0 Å². The molecule has 20 heavy (non-hydrogen) atoms. The number of carbonyl (C=O) groups is 1. The van der Waals surface area contributed by atoms with E-state index in [1.807, 2.05) is 0 Å². The number of halogens is 2. The Bertz CT molecular complexity index is 486. The summed E-state index contributed by atoms with van der Waals surface area (Å²) in [5, 5.41) is 10.1. The third kappa shape index (κ3) is 3.64. The van der Waals surface area contributed by atoms with Crippen molar-refractivity contribution in [2.45, 2.75) is 13.0 Å². The molecule has 1 aromatic carbocycles. The van der Waals surface area contributed by atoms with Gasteiger partial charge in [0.1, 0.15) is 0 Å². The lowest BCUT2D eigenvalue weighted by Crippen LogP contribution is -2.50. The average molecular weight is 317 g/mol. The number of piperazine rings is 1. The molecule has 1 atom stereocenters. The number of β-amino-alcohol motifs (C(OH)–C–C–N with tert-alkyl or cyclic N) is 1. The molecular formula is C14H18Cl2N2O2. The van der Waals surface area contributed by atoms with Crippen LogP contribution in [-0.2, 0) is 0 Å². The Morgan fingerprint density at radius 1 is 1.30 bits per heavy atom. The minimum atomic E-state index is -0.348. The van der Waals surface area contributed by atoms with Crippen LogP contribution in [0.4, 0.5) is 0 Å². The second-order valence-corrected chi connectivity index (χ2v) is 5.83. The van der Waals surface area contributed by atoms with Gasteiger partial charge < -0.3 is 10.0 Å². The molecule has 0 spiro atoms. The SMILES string of the molecule is C[C@@H](O)CN1CCN(C(=O)c2cccc(Cl)c2Cl)CC1. The van der Waals surface area contributed by atoms with Crippen LogP contribution >= 0.6 is 23.2 Å². The fraction of sp³-hybridized carbons (Fsp3) is 0.500. The Morgan fingerprint density at radius 2 is 1.95 bits per heavy atom. The van der Waals surface area contributed by atoms with Gasteiger partial charge in [-0.25, -0.2) is 0 Å². The summed E-state index contributed by atoms with van der Waals surface area (Å²) in [6.45, 7) is 5.19. The zero-order valence-corrected chi connectivity index (χ0v) is 12.9. The molecule has 1 aromatic rings. The van der Waals surface area contributed by atoms with Gasteiger partial charge in [-0.05, 0) is 19.1 Å². The van der Waals surface area contributed by atoms with Crippen molar-refractivity contribution in [2.24, 2.45) is 0 Å². The summed E-state index contributed by atoms with van der Waals surface area (Å²) >= 11 is 12.0. The van der Waals surface area contributed by atoms with E-state index in [2.05, 4.69) is 4.90 Å². The topological polar surface area (TPSA) is 43.8 Å². The second-order valence-electron chi connectivity index (χ2n) is 5.04. The number of aliphatic hydroxyl groups is 1. The van der Waals surface area contributed by atoms with Gasteiger partial charge in [0, 0.05) is 32.7 Å². The predicted octanol–water partition coefficient (Wildman–Crippen LogP) is 2.13. The highest BCUT2D eigenvalue weighted by Crippen LogP contribution is 2.26. The summed E-state index contributed by atoms with van der Waals surface area (Å²) in [6, 6.07) is 5.09. The Labute approximate surface area is 128 Å². The number of amides is 1. The summed E-state index contributed by atoms with van der Waals surface area (Å²) in [5.41, 5.74) is 0.447. The Hall–Kier alpha value is -0.810. The maximum Gasteiger partial charge on any atom is 0.255 e. The minimum Gasteiger partial charge on any atom is -0.392 e. The molecule has 4 nitrogen and oxygen atoms in total. The molecule has 0 saturated carbocycles. The fourth-order valence-corrected chi connectivity index (χ4v) is 2.73. The van der Waals surface area contributed by atoms with Crippen LogP contribution in [0.15, 0.2) is 18.2 Å². The first kappa shape index (κ1) is 15.6. The lowest BCUT2D eigenvalue weighted by atomic mass is 10.1. The van der Waals surface area contributed by atoms with E-state index in [9.17, 15) is 9.90 Å². The molecule has 0 unspecified atom stereocenters. The standard InChI is InChI=1S/C14H18Cl2N2O2/c1-10(19)9-17-5-7-18(8-6-17)14(20)11-3-2-4-12(15)13(11)16/h2-4,10,19H,5-9H2,1H3/t10-/m1/s1. The fourth-order valence-electron chi connectivity index (χ4n) is 2.35. The number of hydrogen-bond acceptors (Lipinski definition) is 3. The number of aliphatic hydroxyl groups excluding tert-OH is 1. The second kappa shape index (κ2) is 6.76. The summed E-state index contributed by atoms with van der Waals surface area (Å²) in [7, 11) is 0. The van der Waals surface area contributed by atoms with Gasteiger partial charge in [-0.1, -0.05) is 29.3 Å². The van der Waals surface area contributed by atoms with Crippen LogP contribution in [-0.4, -0.2) is 59.6 Å². The van der Waals surface area contributed by atoms with Crippen molar-refractivity contribution in [3.63, 3.8) is 0 Å². The molecule has 1 fully saturated rings. The van der Waals surface area contributed by atoms with Gasteiger partial charge >= 0.3 is 0 Å². The van der Waals surface area contributed by atoms with Gasteiger partial charge in [0.15, 0.2) is 0 Å². The molecule has 0 radical (unpaired) electrons. The molecule has 1 amide bonds. The molecule has 1 saturated heterocycles. The zero-order valence-electron chi connectivity index (χ0n) is 11.4. The maximum atomic E-state index is 12.4. The molecule has 2 rings (SSSR count). The molecule has 110 valence electrons. The molecule has 0 aliphatic carbocycles. The van der Waals surface area contributed by atoms with Crippen molar-refractivity contribution >= 4 is 29.1 Å². The van der Waals surface area contributed by atoms with Crippen molar-refractivity contribution in [2.75, 3.05) is 32.7 Å². The Balaban J connectivity index is 2.00. The maximum absolute atomic E-state index is 12.4. The first-order chi connectivity index (χ1) is 9.49. The van der Waals surface area contributed by atoms with Crippen LogP contribution in [0.25, 0.3) is 0 Å². The van der Waals surface area contributed by atoms with Gasteiger partial charge in [0.05, 0.1) is 21.7 Å². The molecule has 6 heteroatoms. The first-order valence-corrected chi connectivity index (χ1v) is 7.38. The highest BCUT2D eigenvalue weighted by atomic mass is 35.5.